The van der Waals surface area contributed by atoms with Gasteiger partial charge in [-0.15, -0.1) is 0 Å². The van der Waals surface area contributed by atoms with Crippen LogP contribution in [0.3, 0.4) is 0 Å². The van der Waals surface area contributed by atoms with Crippen LogP contribution in [0.5, 0.6) is 17.2 Å². The molecule has 2 rings (SSSR count). The summed E-state index contributed by atoms with van der Waals surface area (Å²) >= 11 is 0. The fraction of sp³-hybridized carbons (Fsp3) is 0.235. The number of benzene rings is 1. The molecular formula is C17H19N3O5. The van der Waals surface area contributed by atoms with E-state index in [9.17, 15) is 9.59 Å². The number of amides is 2. The molecule has 0 spiro atoms. The maximum atomic E-state index is 12.0. The van der Waals surface area contributed by atoms with Gasteiger partial charge in [0.15, 0.2) is 11.5 Å². The van der Waals surface area contributed by atoms with E-state index in [-0.39, 0.29) is 12.5 Å². The molecule has 0 aliphatic heterocycles. The molecule has 1 aromatic heterocycles. The first-order valence-electron chi connectivity index (χ1n) is 7.37. The first-order chi connectivity index (χ1) is 12.1. The average Bonchev–Trinajstić information content (AvgIpc) is 2.65. The molecule has 25 heavy (non-hydrogen) atoms. The number of anilines is 1. The van der Waals surface area contributed by atoms with E-state index in [4.69, 9.17) is 14.2 Å². The third-order valence-corrected chi connectivity index (χ3v) is 3.28. The van der Waals surface area contributed by atoms with E-state index < -0.39 is 5.91 Å². The lowest BCUT2D eigenvalue weighted by molar-refractivity contribution is -0.115. The number of methoxy groups -OCH3 is 3. The lowest BCUT2D eigenvalue weighted by atomic mass is 10.2. The van der Waals surface area contributed by atoms with Gasteiger partial charge in [-0.2, -0.15) is 0 Å². The molecule has 2 aromatic rings. The van der Waals surface area contributed by atoms with Gasteiger partial charge in [0.2, 0.25) is 11.7 Å². The van der Waals surface area contributed by atoms with Gasteiger partial charge < -0.3 is 24.8 Å². The summed E-state index contributed by atoms with van der Waals surface area (Å²) in [6.45, 7) is -0.190. The molecule has 0 unspecified atom stereocenters. The van der Waals surface area contributed by atoms with Crippen molar-refractivity contribution in [3.05, 3.63) is 42.2 Å². The van der Waals surface area contributed by atoms with Crippen LogP contribution in [0.4, 0.5) is 5.69 Å². The highest BCUT2D eigenvalue weighted by Gasteiger charge is 2.15. The molecule has 0 aliphatic rings. The summed E-state index contributed by atoms with van der Waals surface area (Å²) in [6, 6.07) is 6.45. The van der Waals surface area contributed by atoms with Crippen LogP contribution in [-0.2, 0) is 4.79 Å². The monoisotopic (exact) mass is 345 g/mol. The molecule has 2 N–H and O–H groups in total. The van der Waals surface area contributed by atoms with Crippen LogP contribution in [0, 0.1) is 0 Å². The van der Waals surface area contributed by atoms with E-state index in [1.54, 1.807) is 30.5 Å². The topological polar surface area (TPSA) is 98.8 Å². The van der Waals surface area contributed by atoms with Crippen LogP contribution in [0.1, 0.15) is 10.4 Å². The van der Waals surface area contributed by atoms with Crippen molar-refractivity contribution in [1.82, 2.24) is 10.3 Å². The van der Waals surface area contributed by atoms with Crippen molar-refractivity contribution in [3.63, 3.8) is 0 Å². The molecule has 0 saturated carbocycles. The van der Waals surface area contributed by atoms with Gasteiger partial charge in [-0.25, -0.2) is 0 Å². The highest BCUT2D eigenvalue weighted by molar-refractivity contribution is 5.99. The molecule has 132 valence electrons. The van der Waals surface area contributed by atoms with Crippen molar-refractivity contribution in [2.24, 2.45) is 0 Å². The summed E-state index contributed by atoms with van der Waals surface area (Å²) in [7, 11) is 4.46. The molecule has 8 nitrogen and oxygen atoms in total. The number of aromatic nitrogens is 1. The van der Waals surface area contributed by atoms with E-state index >= 15 is 0 Å². The molecule has 0 fully saturated rings. The number of carbonyl (C=O) groups excluding carboxylic acids is 2. The van der Waals surface area contributed by atoms with Gasteiger partial charge >= 0.3 is 0 Å². The minimum atomic E-state index is -0.397. The molecular weight excluding hydrogens is 326 g/mol. The Morgan fingerprint density at radius 3 is 2.28 bits per heavy atom. The molecule has 1 aromatic carbocycles. The zero-order valence-electron chi connectivity index (χ0n) is 14.2. The Bertz CT molecular complexity index is 724. The number of nitrogens with zero attached hydrogens (tertiary/aromatic N) is 1. The number of pyridine rings is 1. The predicted molar refractivity (Wildman–Crippen MR) is 91.3 cm³/mol. The van der Waals surface area contributed by atoms with Gasteiger partial charge in [-0.05, 0) is 12.1 Å². The molecule has 8 heteroatoms. The second kappa shape index (κ2) is 8.53. The highest BCUT2D eigenvalue weighted by atomic mass is 16.5. The first-order valence-corrected chi connectivity index (χ1v) is 7.37. The Morgan fingerprint density at radius 2 is 1.76 bits per heavy atom. The smallest absolute Gasteiger partial charge is 0.253 e. The van der Waals surface area contributed by atoms with Crippen molar-refractivity contribution in [2.45, 2.75) is 0 Å². The number of hydrogen-bond donors (Lipinski definition) is 2. The van der Waals surface area contributed by atoms with E-state index in [2.05, 4.69) is 15.6 Å². The molecule has 1 heterocycles. The van der Waals surface area contributed by atoms with Crippen molar-refractivity contribution in [1.29, 1.82) is 0 Å². The third-order valence-electron chi connectivity index (χ3n) is 3.28. The standard InChI is InChI=1S/C17H19N3O5/c1-23-13-7-12(8-14(24-2)16(13)25-3)20-15(21)10-19-17(22)11-5-4-6-18-9-11/h4-9H,10H2,1-3H3,(H,19,22)(H,20,21). The molecule has 0 atom stereocenters. The van der Waals surface area contributed by atoms with Crippen molar-refractivity contribution in [3.8, 4) is 17.2 Å². The second-order valence-corrected chi connectivity index (χ2v) is 4.89. The molecule has 2 amide bonds. The van der Waals surface area contributed by atoms with Gasteiger partial charge in [0, 0.05) is 30.2 Å². The summed E-state index contributed by atoms with van der Waals surface area (Å²) in [6.07, 6.45) is 2.99. The lowest BCUT2D eigenvalue weighted by Gasteiger charge is -2.14. The van der Waals surface area contributed by atoms with Gasteiger partial charge in [0.1, 0.15) is 0 Å². The van der Waals surface area contributed by atoms with Crippen molar-refractivity contribution in [2.75, 3.05) is 33.2 Å². The quantitative estimate of drug-likeness (QED) is 0.789. The molecule has 0 saturated heterocycles. The number of ether oxygens (including phenoxy) is 3. The Hall–Kier alpha value is -3.29. The van der Waals surface area contributed by atoms with Crippen LogP contribution >= 0.6 is 0 Å². The normalized spacial score (nSPS) is 9.88. The third kappa shape index (κ3) is 4.60. The maximum absolute atomic E-state index is 12.0. The fourth-order valence-corrected chi connectivity index (χ4v) is 2.12. The Kier molecular flexibility index (Phi) is 6.16. The van der Waals surface area contributed by atoms with Crippen molar-refractivity contribution >= 4 is 17.5 Å². The summed E-state index contributed by atoms with van der Waals surface area (Å²) < 4.78 is 15.7. The zero-order chi connectivity index (χ0) is 18.2. The van der Waals surface area contributed by atoms with Crippen molar-refractivity contribution < 1.29 is 23.8 Å². The summed E-state index contributed by atoms with van der Waals surface area (Å²) in [4.78, 5) is 27.8. The van der Waals surface area contributed by atoms with E-state index in [1.165, 1.54) is 27.5 Å². The van der Waals surface area contributed by atoms with Crippen LogP contribution in [0.25, 0.3) is 0 Å². The van der Waals surface area contributed by atoms with E-state index in [0.717, 1.165) is 0 Å². The summed E-state index contributed by atoms with van der Waals surface area (Å²) in [5, 5.41) is 5.19. The minimum Gasteiger partial charge on any atom is -0.493 e. The lowest BCUT2D eigenvalue weighted by Crippen LogP contribution is -2.32. The summed E-state index contributed by atoms with van der Waals surface area (Å²) in [5.41, 5.74) is 0.832. The van der Waals surface area contributed by atoms with E-state index in [0.29, 0.717) is 28.5 Å². The molecule has 0 aliphatic carbocycles. The van der Waals surface area contributed by atoms with Crippen LogP contribution in [0.2, 0.25) is 0 Å². The molecule has 0 radical (unpaired) electrons. The van der Waals surface area contributed by atoms with Gasteiger partial charge in [-0.1, -0.05) is 0 Å². The predicted octanol–water partition coefficient (Wildman–Crippen LogP) is 1.48. The number of rotatable bonds is 7. The molecule has 0 bridgehead atoms. The Balaban J connectivity index is 2.02. The number of carbonyl (C=O) groups is 2. The number of hydrogen-bond acceptors (Lipinski definition) is 6. The van der Waals surface area contributed by atoms with Gasteiger partial charge in [0.05, 0.1) is 33.4 Å². The maximum Gasteiger partial charge on any atom is 0.253 e. The fourth-order valence-electron chi connectivity index (χ4n) is 2.12. The van der Waals surface area contributed by atoms with Crippen LogP contribution in [0.15, 0.2) is 36.7 Å². The van der Waals surface area contributed by atoms with Gasteiger partial charge in [0.25, 0.3) is 5.91 Å². The summed E-state index contributed by atoms with van der Waals surface area (Å²) in [5.74, 6) is 0.473. The van der Waals surface area contributed by atoms with Crippen LogP contribution < -0.4 is 24.8 Å². The van der Waals surface area contributed by atoms with Gasteiger partial charge in [-0.3, -0.25) is 14.6 Å². The Labute approximate surface area is 145 Å². The minimum absolute atomic E-state index is 0.190. The SMILES string of the molecule is COc1cc(NC(=O)CNC(=O)c2cccnc2)cc(OC)c1OC. The largest absolute Gasteiger partial charge is 0.493 e. The Morgan fingerprint density at radius 1 is 1.08 bits per heavy atom. The second-order valence-electron chi connectivity index (χ2n) is 4.89. The van der Waals surface area contributed by atoms with Crippen LogP contribution in [-0.4, -0.2) is 44.7 Å². The first kappa shape index (κ1) is 18.1. The van der Waals surface area contributed by atoms with E-state index in [1.807, 2.05) is 0 Å². The average molecular weight is 345 g/mol. The number of nitrogens with one attached hydrogen (secondary N) is 2. The highest BCUT2D eigenvalue weighted by Crippen LogP contribution is 2.39. The zero-order valence-corrected chi connectivity index (χ0v) is 14.2.